The number of carboxylic acids is 1. The van der Waals surface area contributed by atoms with Crippen molar-refractivity contribution in [3.05, 3.63) is 35.4 Å². The molecule has 0 atom stereocenters. The van der Waals surface area contributed by atoms with Crippen molar-refractivity contribution in [3.63, 3.8) is 0 Å². The number of rotatable bonds is 8. The van der Waals surface area contributed by atoms with Crippen LogP contribution in [-0.4, -0.2) is 41.1 Å². The van der Waals surface area contributed by atoms with Gasteiger partial charge in [-0.3, -0.25) is 9.59 Å². The van der Waals surface area contributed by atoms with Gasteiger partial charge in [0.25, 0.3) is 5.91 Å². The number of carboxylic acid groups (broad SMARTS) is 1. The highest BCUT2D eigenvalue weighted by molar-refractivity contribution is 5.95. The van der Waals surface area contributed by atoms with Gasteiger partial charge in [0.2, 0.25) is 0 Å². The Bertz CT molecular complexity index is 468. The molecule has 0 aliphatic carbocycles. The lowest BCUT2D eigenvalue weighted by Gasteiger charge is -2.20. The SMILES string of the molecule is CCCN(CC(=O)O)C(=O)c1ccc(COC(C)C)cc1. The second kappa shape index (κ2) is 8.42. The zero-order valence-electron chi connectivity index (χ0n) is 12.8. The summed E-state index contributed by atoms with van der Waals surface area (Å²) in [5.41, 5.74) is 1.48. The fourth-order valence-corrected chi connectivity index (χ4v) is 1.87. The van der Waals surface area contributed by atoms with Crippen molar-refractivity contribution in [2.75, 3.05) is 13.1 Å². The Balaban J connectivity index is 2.74. The summed E-state index contributed by atoms with van der Waals surface area (Å²) in [6.45, 7) is 6.50. The van der Waals surface area contributed by atoms with Crippen molar-refractivity contribution in [2.45, 2.75) is 39.9 Å². The van der Waals surface area contributed by atoms with E-state index in [1.807, 2.05) is 32.9 Å². The van der Waals surface area contributed by atoms with Crippen LogP contribution in [0.1, 0.15) is 43.1 Å². The molecular weight excluding hydrogens is 270 g/mol. The molecule has 1 aromatic rings. The first kappa shape index (κ1) is 17.2. The van der Waals surface area contributed by atoms with Crippen LogP contribution in [0.15, 0.2) is 24.3 Å². The Morgan fingerprint density at radius 2 is 1.86 bits per heavy atom. The Hall–Kier alpha value is -1.88. The van der Waals surface area contributed by atoms with Crippen molar-refractivity contribution in [1.82, 2.24) is 4.90 Å². The maximum absolute atomic E-state index is 12.3. The van der Waals surface area contributed by atoms with E-state index in [1.165, 1.54) is 4.90 Å². The normalized spacial score (nSPS) is 10.7. The summed E-state index contributed by atoms with van der Waals surface area (Å²) in [7, 11) is 0. The number of amides is 1. The highest BCUT2D eigenvalue weighted by Gasteiger charge is 2.17. The maximum atomic E-state index is 12.3. The van der Waals surface area contributed by atoms with Crippen LogP contribution < -0.4 is 0 Å². The maximum Gasteiger partial charge on any atom is 0.323 e. The van der Waals surface area contributed by atoms with E-state index in [-0.39, 0.29) is 18.6 Å². The molecule has 0 heterocycles. The lowest BCUT2D eigenvalue weighted by molar-refractivity contribution is -0.137. The average Bonchev–Trinajstić information content (AvgIpc) is 2.44. The van der Waals surface area contributed by atoms with E-state index in [1.54, 1.807) is 12.1 Å². The molecule has 1 rings (SSSR count). The summed E-state index contributed by atoms with van der Waals surface area (Å²) in [4.78, 5) is 24.4. The molecule has 0 aliphatic heterocycles. The van der Waals surface area contributed by atoms with Gasteiger partial charge >= 0.3 is 5.97 Å². The number of benzene rings is 1. The number of carbonyl (C=O) groups is 2. The predicted octanol–water partition coefficient (Wildman–Crippen LogP) is 2.55. The number of nitrogens with zero attached hydrogens (tertiary/aromatic N) is 1. The standard InChI is InChI=1S/C16H23NO4/c1-4-9-17(10-15(18)19)16(20)14-7-5-13(6-8-14)11-21-12(2)3/h5-8,12H,4,9-11H2,1-3H3,(H,18,19). The van der Waals surface area contributed by atoms with Gasteiger partial charge in [-0.1, -0.05) is 19.1 Å². The number of ether oxygens (including phenoxy) is 1. The van der Waals surface area contributed by atoms with E-state index in [2.05, 4.69) is 0 Å². The van der Waals surface area contributed by atoms with Gasteiger partial charge in [-0.15, -0.1) is 0 Å². The molecule has 21 heavy (non-hydrogen) atoms. The molecule has 5 heteroatoms. The summed E-state index contributed by atoms with van der Waals surface area (Å²) < 4.78 is 5.49. The Morgan fingerprint density at radius 1 is 1.24 bits per heavy atom. The van der Waals surface area contributed by atoms with Crippen LogP contribution in [0.4, 0.5) is 0 Å². The molecule has 1 aromatic carbocycles. The van der Waals surface area contributed by atoms with E-state index in [4.69, 9.17) is 9.84 Å². The van der Waals surface area contributed by atoms with Crippen LogP contribution >= 0.6 is 0 Å². The molecular formula is C16H23NO4. The molecule has 0 saturated carbocycles. The van der Waals surface area contributed by atoms with Crippen molar-refractivity contribution in [3.8, 4) is 0 Å². The number of hydrogen-bond acceptors (Lipinski definition) is 3. The summed E-state index contributed by atoms with van der Waals surface area (Å²) in [5, 5.41) is 8.86. The Morgan fingerprint density at radius 3 is 2.33 bits per heavy atom. The highest BCUT2D eigenvalue weighted by Crippen LogP contribution is 2.10. The summed E-state index contributed by atoms with van der Waals surface area (Å²) in [6.07, 6.45) is 0.876. The van der Waals surface area contributed by atoms with Crippen molar-refractivity contribution < 1.29 is 19.4 Å². The summed E-state index contributed by atoms with van der Waals surface area (Å²) in [5.74, 6) is -1.26. The Kier molecular flexibility index (Phi) is 6.88. The third-order valence-corrected chi connectivity index (χ3v) is 2.89. The molecule has 5 nitrogen and oxygen atoms in total. The molecule has 0 saturated heterocycles. The molecule has 0 bridgehead atoms. The molecule has 1 amide bonds. The van der Waals surface area contributed by atoms with E-state index in [0.717, 1.165) is 12.0 Å². The van der Waals surface area contributed by atoms with Crippen LogP contribution in [0.25, 0.3) is 0 Å². The van der Waals surface area contributed by atoms with Crippen molar-refractivity contribution in [2.24, 2.45) is 0 Å². The van der Waals surface area contributed by atoms with E-state index < -0.39 is 5.97 Å². The first-order chi connectivity index (χ1) is 9.93. The summed E-state index contributed by atoms with van der Waals surface area (Å²) >= 11 is 0. The van der Waals surface area contributed by atoms with Gasteiger partial charge in [0.05, 0.1) is 12.7 Å². The van der Waals surface area contributed by atoms with Gasteiger partial charge in [0, 0.05) is 12.1 Å². The summed E-state index contributed by atoms with van der Waals surface area (Å²) in [6, 6.07) is 7.10. The smallest absolute Gasteiger partial charge is 0.323 e. The number of hydrogen-bond donors (Lipinski definition) is 1. The van der Waals surface area contributed by atoms with Gasteiger partial charge in [0.1, 0.15) is 6.54 Å². The van der Waals surface area contributed by atoms with Gasteiger partial charge in [0.15, 0.2) is 0 Å². The van der Waals surface area contributed by atoms with Crippen LogP contribution in [0.3, 0.4) is 0 Å². The number of carbonyl (C=O) groups excluding carboxylic acids is 1. The van der Waals surface area contributed by atoms with Crippen LogP contribution in [0, 0.1) is 0 Å². The monoisotopic (exact) mass is 293 g/mol. The largest absolute Gasteiger partial charge is 0.480 e. The van der Waals surface area contributed by atoms with E-state index in [9.17, 15) is 9.59 Å². The Labute approximate surface area is 125 Å². The fourth-order valence-electron chi connectivity index (χ4n) is 1.87. The van der Waals surface area contributed by atoms with Crippen molar-refractivity contribution in [1.29, 1.82) is 0 Å². The zero-order valence-corrected chi connectivity index (χ0v) is 12.8. The number of aliphatic carboxylic acids is 1. The minimum Gasteiger partial charge on any atom is -0.480 e. The average molecular weight is 293 g/mol. The second-order valence-corrected chi connectivity index (χ2v) is 5.18. The molecule has 0 aromatic heterocycles. The van der Waals surface area contributed by atoms with Crippen LogP contribution in [-0.2, 0) is 16.1 Å². The molecule has 0 fully saturated rings. The zero-order chi connectivity index (χ0) is 15.8. The molecule has 0 aliphatic rings. The third kappa shape index (κ3) is 5.95. The van der Waals surface area contributed by atoms with Crippen LogP contribution in [0.2, 0.25) is 0 Å². The van der Waals surface area contributed by atoms with Gasteiger partial charge < -0.3 is 14.7 Å². The minimum absolute atomic E-state index is 0.155. The van der Waals surface area contributed by atoms with E-state index in [0.29, 0.717) is 18.7 Å². The predicted molar refractivity (Wildman–Crippen MR) is 80.2 cm³/mol. The second-order valence-electron chi connectivity index (χ2n) is 5.18. The first-order valence-electron chi connectivity index (χ1n) is 7.15. The molecule has 116 valence electrons. The minimum atomic E-state index is -1.00. The first-order valence-corrected chi connectivity index (χ1v) is 7.15. The van der Waals surface area contributed by atoms with Gasteiger partial charge in [-0.25, -0.2) is 0 Å². The third-order valence-electron chi connectivity index (χ3n) is 2.89. The molecule has 1 N–H and O–H groups in total. The van der Waals surface area contributed by atoms with Crippen LogP contribution in [0.5, 0.6) is 0 Å². The lowest BCUT2D eigenvalue weighted by Crippen LogP contribution is -2.36. The van der Waals surface area contributed by atoms with Crippen molar-refractivity contribution >= 4 is 11.9 Å². The topological polar surface area (TPSA) is 66.8 Å². The molecule has 0 spiro atoms. The molecule has 0 radical (unpaired) electrons. The lowest BCUT2D eigenvalue weighted by atomic mass is 10.1. The van der Waals surface area contributed by atoms with E-state index >= 15 is 0 Å². The quantitative estimate of drug-likeness (QED) is 0.800. The molecule has 0 unspecified atom stereocenters. The van der Waals surface area contributed by atoms with Gasteiger partial charge in [-0.2, -0.15) is 0 Å². The highest BCUT2D eigenvalue weighted by atomic mass is 16.5. The fraction of sp³-hybridized carbons (Fsp3) is 0.500. The van der Waals surface area contributed by atoms with Gasteiger partial charge in [-0.05, 0) is 38.0 Å².